The highest BCUT2D eigenvalue weighted by atomic mass is 16.5. The Morgan fingerprint density at radius 3 is 2.77 bits per heavy atom. The van der Waals surface area contributed by atoms with E-state index in [-0.39, 0.29) is 23.9 Å². The average Bonchev–Trinajstić information content (AvgIpc) is 2.88. The molecule has 0 fully saturated rings. The van der Waals surface area contributed by atoms with Crippen molar-refractivity contribution in [3.8, 4) is 11.4 Å². The number of ether oxygens (including phenoxy) is 1. The van der Waals surface area contributed by atoms with Crippen LogP contribution in [0.25, 0.3) is 16.5 Å². The van der Waals surface area contributed by atoms with Crippen LogP contribution < -0.4 is 5.56 Å². The van der Waals surface area contributed by atoms with Gasteiger partial charge in [0.25, 0.3) is 5.56 Å². The molecule has 5 heteroatoms. The van der Waals surface area contributed by atoms with E-state index in [0.29, 0.717) is 22.0 Å². The molecule has 22 heavy (non-hydrogen) atoms. The minimum absolute atomic E-state index is 0.123. The molecule has 1 aliphatic heterocycles. The zero-order chi connectivity index (χ0) is 15.3. The predicted molar refractivity (Wildman–Crippen MR) is 80.3 cm³/mol. The number of hydrogen-bond donors (Lipinski definition) is 1. The number of pyridine rings is 1. The fourth-order valence-electron chi connectivity index (χ4n) is 2.71. The highest BCUT2D eigenvalue weighted by molar-refractivity contribution is 5.93. The van der Waals surface area contributed by atoms with Crippen molar-refractivity contribution in [3.05, 3.63) is 70.1 Å². The summed E-state index contributed by atoms with van der Waals surface area (Å²) in [6.07, 6.45) is 1.66. The molecule has 1 aromatic heterocycles. The first-order valence-electron chi connectivity index (χ1n) is 6.78. The summed E-state index contributed by atoms with van der Waals surface area (Å²) in [7, 11) is 0. The number of phenols is 1. The van der Waals surface area contributed by atoms with Crippen molar-refractivity contribution < 1.29 is 14.6 Å². The van der Waals surface area contributed by atoms with E-state index in [9.17, 15) is 14.7 Å². The van der Waals surface area contributed by atoms with Gasteiger partial charge in [-0.15, -0.1) is 0 Å². The maximum Gasteiger partial charge on any atom is 0.338 e. The standard InChI is InChI=1S/C17H11NO4/c19-13-2-4-14-10(8-13)5-6-18(16(14)20)12-1-3-15-11(7-12)9-22-17(15)21/h1-8,19H,9H2. The fourth-order valence-corrected chi connectivity index (χ4v) is 2.71. The fraction of sp³-hybridized carbons (Fsp3) is 0.0588. The molecule has 0 radical (unpaired) electrons. The number of hydrogen-bond acceptors (Lipinski definition) is 4. The summed E-state index contributed by atoms with van der Waals surface area (Å²) < 4.78 is 6.49. The molecule has 1 N–H and O–H groups in total. The van der Waals surface area contributed by atoms with Crippen LogP contribution in [-0.2, 0) is 11.3 Å². The third kappa shape index (κ3) is 1.79. The molecule has 0 saturated carbocycles. The molecular formula is C17H11NO4. The third-order valence-corrected chi connectivity index (χ3v) is 3.83. The molecule has 0 amide bonds. The van der Waals surface area contributed by atoms with Gasteiger partial charge in [-0.25, -0.2) is 4.79 Å². The Balaban J connectivity index is 1.92. The molecule has 108 valence electrons. The molecule has 2 heterocycles. The number of esters is 1. The third-order valence-electron chi connectivity index (χ3n) is 3.83. The number of carbonyl (C=O) groups is 1. The van der Waals surface area contributed by atoms with Gasteiger partial charge in [-0.3, -0.25) is 9.36 Å². The zero-order valence-electron chi connectivity index (χ0n) is 11.4. The minimum Gasteiger partial charge on any atom is -0.508 e. The Labute approximate surface area is 125 Å². The van der Waals surface area contributed by atoms with Crippen LogP contribution in [0.1, 0.15) is 15.9 Å². The molecule has 0 spiro atoms. The molecule has 0 saturated heterocycles. The van der Waals surface area contributed by atoms with Gasteiger partial charge in [0.1, 0.15) is 12.4 Å². The van der Waals surface area contributed by atoms with Crippen LogP contribution in [-0.4, -0.2) is 15.6 Å². The van der Waals surface area contributed by atoms with Gasteiger partial charge in [-0.2, -0.15) is 0 Å². The summed E-state index contributed by atoms with van der Waals surface area (Å²) in [5.74, 6) is -0.208. The summed E-state index contributed by atoms with van der Waals surface area (Å²) in [5, 5.41) is 10.7. The Hall–Kier alpha value is -3.08. The van der Waals surface area contributed by atoms with Crippen LogP contribution >= 0.6 is 0 Å². The molecule has 0 atom stereocenters. The van der Waals surface area contributed by atoms with Gasteiger partial charge in [0.15, 0.2) is 0 Å². The average molecular weight is 293 g/mol. The molecule has 0 unspecified atom stereocenters. The number of nitrogens with zero attached hydrogens (tertiary/aromatic N) is 1. The van der Waals surface area contributed by atoms with Crippen LogP contribution in [0.4, 0.5) is 0 Å². The molecule has 4 rings (SSSR count). The summed E-state index contributed by atoms with van der Waals surface area (Å²) in [5.41, 5.74) is 1.82. The van der Waals surface area contributed by atoms with Crippen molar-refractivity contribution in [2.75, 3.05) is 0 Å². The molecule has 5 nitrogen and oxygen atoms in total. The number of aromatic nitrogens is 1. The van der Waals surface area contributed by atoms with Crippen molar-refractivity contribution in [2.24, 2.45) is 0 Å². The van der Waals surface area contributed by atoms with E-state index in [0.717, 1.165) is 5.56 Å². The lowest BCUT2D eigenvalue weighted by atomic mass is 10.1. The van der Waals surface area contributed by atoms with E-state index in [1.165, 1.54) is 10.6 Å². The van der Waals surface area contributed by atoms with Gasteiger partial charge >= 0.3 is 5.97 Å². The molecule has 2 aromatic carbocycles. The summed E-state index contributed by atoms with van der Waals surface area (Å²) in [6, 6.07) is 11.6. The first kappa shape index (κ1) is 12.6. The number of benzene rings is 2. The van der Waals surface area contributed by atoms with Crippen LogP contribution in [0.2, 0.25) is 0 Å². The maximum absolute atomic E-state index is 12.6. The number of carbonyl (C=O) groups excluding carboxylic acids is 1. The first-order chi connectivity index (χ1) is 10.6. The molecule has 3 aromatic rings. The van der Waals surface area contributed by atoms with Crippen LogP contribution in [0.5, 0.6) is 5.75 Å². The summed E-state index contributed by atoms with van der Waals surface area (Å²) in [4.78, 5) is 24.1. The van der Waals surface area contributed by atoms with Gasteiger partial charge in [0.2, 0.25) is 0 Å². The highest BCUT2D eigenvalue weighted by Crippen LogP contribution is 2.23. The van der Waals surface area contributed by atoms with E-state index in [1.54, 1.807) is 42.6 Å². The van der Waals surface area contributed by atoms with Crippen molar-refractivity contribution in [2.45, 2.75) is 6.61 Å². The van der Waals surface area contributed by atoms with Gasteiger partial charge < -0.3 is 9.84 Å². The Bertz CT molecular complexity index is 988. The van der Waals surface area contributed by atoms with E-state index < -0.39 is 0 Å². The van der Waals surface area contributed by atoms with Crippen molar-refractivity contribution in [1.29, 1.82) is 0 Å². The van der Waals surface area contributed by atoms with E-state index in [4.69, 9.17) is 4.74 Å². The van der Waals surface area contributed by atoms with Crippen molar-refractivity contribution >= 4 is 16.7 Å². The predicted octanol–water partition coefficient (Wildman–Crippen LogP) is 2.37. The van der Waals surface area contributed by atoms with Crippen LogP contribution in [0.15, 0.2) is 53.5 Å². The first-order valence-corrected chi connectivity index (χ1v) is 6.78. The molecular weight excluding hydrogens is 282 g/mol. The van der Waals surface area contributed by atoms with Gasteiger partial charge in [0.05, 0.1) is 5.56 Å². The maximum atomic E-state index is 12.6. The lowest BCUT2D eigenvalue weighted by Crippen LogP contribution is -2.17. The summed E-state index contributed by atoms with van der Waals surface area (Å²) >= 11 is 0. The van der Waals surface area contributed by atoms with E-state index >= 15 is 0 Å². The van der Waals surface area contributed by atoms with Crippen LogP contribution in [0.3, 0.4) is 0 Å². The normalized spacial score (nSPS) is 13.2. The second-order valence-electron chi connectivity index (χ2n) is 5.18. The lowest BCUT2D eigenvalue weighted by molar-refractivity contribution is 0.0535. The van der Waals surface area contributed by atoms with Gasteiger partial charge in [-0.05, 0) is 47.9 Å². The smallest absolute Gasteiger partial charge is 0.338 e. The van der Waals surface area contributed by atoms with Crippen LogP contribution in [0, 0.1) is 0 Å². The van der Waals surface area contributed by atoms with E-state index in [2.05, 4.69) is 0 Å². The number of cyclic esters (lactones) is 1. The molecule has 0 bridgehead atoms. The molecule has 1 aliphatic rings. The van der Waals surface area contributed by atoms with Gasteiger partial charge in [0, 0.05) is 22.8 Å². The SMILES string of the molecule is O=C1OCc2cc(-n3ccc4cc(O)ccc4c3=O)ccc21. The molecule has 0 aliphatic carbocycles. The quantitative estimate of drug-likeness (QED) is 0.699. The Morgan fingerprint density at radius 1 is 1.05 bits per heavy atom. The van der Waals surface area contributed by atoms with Crippen molar-refractivity contribution in [1.82, 2.24) is 4.57 Å². The second-order valence-corrected chi connectivity index (χ2v) is 5.18. The number of phenolic OH excluding ortho intramolecular Hbond substituents is 1. The highest BCUT2D eigenvalue weighted by Gasteiger charge is 2.21. The topological polar surface area (TPSA) is 68.5 Å². The van der Waals surface area contributed by atoms with Crippen molar-refractivity contribution in [3.63, 3.8) is 0 Å². The number of aromatic hydroxyl groups is 1. The largest absolute Gasteiger partial charge is 0.508 e. The number of fused-ring (bicyclic) bond motifs is 2. The number of rotatable bonds is 1. The Kier molecular flexibility index (Phi) is 2.56. The Morgan fingerprint density at radius 2 is 1.91 bits per heavy atom. The van der Waals surface area contributed by atoms with E-state index in [1.807, 2.05) is 0 Å². The monoisotopic (exact) mass is 293 g/mol. The lowest BCUT2D eigenvalue weighted by Gasteiger charge is -2.08. The summed E-state index contributed by atoms with van der Waals surface area (Å²) in [6.45, 7) is 0.234. The zero-order valence-corrected chi connectivity index (χ0v) is 11.4. The minimum atomic E-state index is -0.331. The second kappa shape index (κ2) is 4.46. The van der Waals surface area contributed by atoms with Gasteiger partial charge in [-0.1, -0.05) is 0 Å².